The van der Waals surface area contributed by atoms with Crippen molar-refractivity contribution < 1.29 is 4.79 Å². The molecule has 166 valence electrons. The average Bonchev–Trinajstić information content (AvgIpc) is 2.81. The van der Waals surface area contributed by atoms with Crippen molar-refractivity contribution in [2.24, 2.45) is 0 Å². The van der Waals surface area contributed by atoms with Gasteiger partial charge in [0, 0.05) is 58.9 Å². The zero-order valence-corrected chi connectivity index (χ0v) is 19.0. The highest BCUT2D eigenvalue weighted by atomic mass is 35.5. The third kappa shape index (κ3) is 5.70. The molecule has 1 atom stereocenters. The van der Waals surface area contributed by atoms with Crippen LogP contribution in [0.25, 0.3) is 0 Å². The predicted molar refractivity (Wildman–Crippen MR) is 127 cm³/mol. The summed E-state index contributed by atoms with van der Waals surface area (Å²) in [5, 5.41) is 4.08. The summed E-state index contributed by atoms with van der Waals surface area (Å²) in [6.45, 7) is 7.98. The second-order valence-electron chi connectivity index (χ2n) is 8.44. The van der Waals surface area contributed by atoms with Gasteiger partial charge in [0.1, 0.15) is 0 Å². The van der Waals surface area contributed by atoms with Gasteiger partial charge in [-0.25, -0.2) is 4.79 Å². The topological polar surface area (TPSA) is 42.1 Å². The number of likely N-dealkylation sites (N-methyl/N-ethyl adjacent to an activating group) is 1. The fourth-order valence-electron chi connectivity index (χ4n) is 4.31. The highest BCUT2D eigenvalue weighted by molar-refractivity contribution is 6.33. The minimum atomic E-state index is -0.0151. The zero-order valence-electron chi connectivity index (χ0n) is 18.2. The summed E-state index contributed by atoms with van der Waals surface area (Å²) in [7, 11) is 2.16. The predicted octanol–water partition coefficient (Wildman–Crippen LogP) is 3.16. The van der Waals surface area contributed by atoms with E-state index in [1.807, 2.05) is 47.4 Å². The number of amides is 2. The van der Waals surface area contributed by atoms with E-state index in [4.69, 9.17) is 11.6 Å². The molecule has 2 fully saturated rings. The summed E-state index contributed by atoms with van der Waals surface area (Å²) < 4.78 is 0. The van der Waals surface area contributed by atoms with Crippen LogP contribution in [0.3, 0.4) is 0 Å². The molecule has 2 heterocycles. The van der Waals surface area contributed by atoms with Gasteiger partial charge in [0.2, 0.25) is 0 Å². The molecule has 2 aliphatic heterocycles. The normalized spacial score (nSPS) is 19.3. The maximum Gasteiger partial charge on any atom is 0.318 e. The van der Waals surface area contributed by atoms with Gasteiger partial charge in [-0.2, -0.15) is 0 Å². The Hall–Kier alpha value is -2.28. The van der Waals surface area contributed by atoms with E-state index in [1.165, 1.54) is 0 Å². The summed E-state index contributed by atoms with van der Waals surface area (Å²) in [6, 6.07) is 18.2. The van der Waals surface area contributed by atoms with E-state index >= 15 is 0 Å². The Labute approximate surface area is 190 Å². The van der Waals surface area contributed by atoms with E-state index in [0.717, 1.165) is 62.1 Å². The Kier molecular flexibility index (Phi) is 7.33. The van der Waals surface area contributed by atoms with Crippen molar-refractivity contribution in [2.45, 2.75) is 6.04 Å². The molecule has 2 amide bonds. The van der Waals surface area contributed by atoms with Crippen molar-refractivity contribution in [1.29, 1.82) is 0 Å². The summed E-state index contributed by atoms with van der Waals surface area (Å²) in [4.78, 5) is 22.1. The van der Waals surface area contributed by atoms with Crippen LogP contribution in [0.5, 0.6) is 0 Å². The zero-order chi connectivity index (χ0) is 21.6. The summed E-state index contributed by atoms with van der Waals surface area (Å²) in [6.07, 6.45) is 0. The molecule has 2 aromatic carbocycles. The molecule has 31 heavy (non-hydrogen) atoms. The molecule has 0 aliphatic carbocycles. The SMILES string of the molecule is CN1CCN(CC(NC(=O)N2CCN(c3ccccc3Cl)CC2)c2ccccc2)CC1. The number of nitrogens with one attached hydrogen (secondary N) is 1. The monoisotopic (exact) mass is 441 g/mol. The first kappa shape index (κ1) is 21.9. The fourth-order valence-corrected chi connectivity index (χ4v) is 4.56. The highest BCUT2D eigenvalue weighted by Crippen LogP contribution is 2.26. The number of benzene rings is 2. The number of hydrogen-bond donors (Lipinski definition) is 1. The van der Waals surface area contributed by atoms with E-state index in [-0.39, 0.29) is 12.1 Å². The minimum absolute atomic E-state index is 0.0151. The summed E-state index contributed by atoms with van der Waals surface area (Å²) >= 11 is 6.35. The Balaban J connectivity index is 1.37. The number of hydrogen-bond acceptors (Lipinski definition) is 4. The molecule has 7 heteroatoms. The number of para-hydroxylation sites is 1. The Morgan fingerprint density at radius 3 is 2.23 bits per heavy atom. The number of urea groups is 1. The molecular formula is C24H32ClN5O. The van der Waals surface area contributed by atoms with Gasteiger partial charge in [-0.1, -0.05) is 54.1 Å². The lowest BCUT2D eigenvalue weighted by molar-refractivity contribution is 0.138. The van der Waals surface area contributed by atoms with Crippen LogP contribution in [0.1, 0.15) is 11.6 Å². The first-order valence-electron chi connectivity index (χ1n) is 11.1. The molecule has 0 spiro atoms. The number of carbonyl (C=O) groups is 1. The average molecular weight is 442 g/mol. The molecule has 0 aromatic heterocycles. The fraction of sp³-hybridized carbons (Fsp3) is 0.458. The van der Waals surface area contributed by atoms with E-state index in [2.05, 4.69) is 39.2 Å². The quantitative estimate of drug-likeness (QED) is 0.773. The van der Waals surface area contributed by atoms with Gasteiger partial charge in [0.15, 0.2) is 0 Å². The van der Waals surface area contributed by atoms with Gasteiger partial charge in [0.05, 0.1) is 16.8 Å². The second kappa shape index (κ2) is 10.4. The van der Waals surface area contributed by atoms with Crippen molar-refractivity contribution in [1.82, 2.24) is 20.0 Å². The molecule has 2 aliphatic rings. The molecule has 4 rings (SSSR count). The van der Waals surface area contributed by atoms with Crippen molar-refractivity contribution in [3.8, 4) is 0 Å². The van der Waals surface area contributed by atoms with Crippen molar-refractivity contribution in [2.75, 3.05) is 70.9 Å². The molecule has 0 saturated carbocycles. The maximum absolute atomic E-state index is 13.1. The van der Waals surface area contributed by atoms with Crippen molar-refractivity contribution in [3.63, 3.8) is 0 Å². The molecule has 1 unspecified atom stereocenters. The van der Waals surface area contributed by atoms with Gasteiger partial charge in [-0.3, -0.25) is 4.90 Å². The standard InChI is InChI=1S/C24H32ClN5O/c1-27-11-13-28(14-12-27)19-22(20-7-3-2-4-8-20)26-24(31)30-17-15-29(16-18-30)23-10-6-5-9-21(23)25/h2-10,22H,11-19H2,1H3,(H,26,31). The van der Waals surface area contributed by atoms with E-state index in [0.29, 0.717) is 13.1 Å². The van der Waals surface area contributed by atoms with Gasteiger partial charge in [-0.05, 0) is 24.7 Å². The van der Waals surface area contributed by atoms with Crippen LogP contribution in [0.2, 0.25) is 5.02 Å². The Bertz CT molecular complexity index is 848. The number of anilines is 1. The van der Waals surface area contributed by atoms with Crippen LogP contribution in [0, 0.1) is 0 Å². The number of halogens is 1. The smallest absolute Gasteiger partial charge is 0.318 e. The van der Waals surface area contributed by atoms with Crippen molar-refractivity contribution >= 4 is 23.3 Å². The number of nitrogens with zero attached hydrogens (tertiary/aromatic N) is 4. The minimum Gasteiger partial charge on any atom is -0.367 e. The lowest BCUT2D eigenvalue weighted by Crippen LogP contribution is -2.54. The third-order valence-electron chi connectivity index (χ3n) is 6.30. The van der Waals surface area contributed by atoms with Crippen LogP contribution < -0.4 is 10.2 Å². The van der Waals surface area contributed by atoms with Crippen LogP contribution in [-0.2, 0) is 0 Å². The highest BCUT2D eigenvalue weighted by Gasteiger charge is 2.26. The maximum atomic E-state index is 13.1. The van der Waals surface area contributed by atoms with E-state index in [1.54, 1.807) is 0 Å². The molecule has 0 bridgehead atoms. The Morgan fingerprint density at radius 1 is 0.903 bits per heavy atom. The summed E-state index contributed by atoms with van der Waals surface area (Å²) in [5.41, 5.74) is 2.20. The first-order chi connectivity index (χ1) is 15.1. The van der Waals surface area contributed by atoms with Crippen molar-refractivity contribution in [3.05, 3.63) is 65.2 Å². The molecule has 6 nitrogen and oxygen atoms in total. The molecule has 2 aromatic rings. The van der Waals surface area contributed by atoms with Gasteiger partial charge < -0.3 is 20.0 Å². The molecular weight excluding hydrogens is 410 g/mol. The van der Waals surface area contributed by atoms with Crippen LogP contribution in [0.4, 0.5) is 10.5 Å². The number of carbonyl (C=O) groups excluding carboxylic acids is 1. The van der Waals surface area contributed by atoms with Crippen LogP contribution in [0.15, 0.2) is 54.6 Å². The number of piperazine rings is 2. The molecule has 1 N–H and O–H groups in total. The molecule has 2 saturated heterocycles. The second-order valence-corrected chi connectivity index (χ2v) is 8.85. The molecule has 0 radical (unpaired) electrons. The van der Waals surface area contributed by atoms with Gasteiger partial charge in [0.25, 0.3) is 0 Å². The summed E-state index contributed by atoms with van der Waals surface area (Å²) in [5.74, 6) is 0. The number of rotatable bonds is 5. The van der Waals surface area contributed by atoms with Crippen LogP contribution in [-0.4, -0.2) is 86.7 Å². The van der Waals surface area contributed by atoms with Crippen LogP contribution >= 0.6 is 11.6 Å². The lowest BCUT2D eigenvalue weighted by Gasteiger charge is -2.38. The van der Waals surface area contributed by atoms with E-state index < -0.39 is 0 Å². The van der Waals surface area contributed by atoms with E-state index in [9.17, 15) is 4.79 Å². The Morgan fingerprint density at radius 2 is 1.55 bits per heavy atom. The van der Waals surface area contributed by atoms with Gasteiger partial charge >= 0.3 is 6.03 Å². The van der Waals surface area contributed by atoms with Gasteiger partial charge in [-0.15, -0.1) is 0 Å². The lowest BCUT2D eigenvalue weighted by atomic mass is 10.1. The first-order valence-corrected chi connectivity index (χ1v) is 11.5. The largest absolute Gasteiger partial charge is 0.367 e. The third-order valence-corrected chi connectivity index (χ3v) is 6.62.